The molecular weight excluding hydrogens is 316 g/mol. The average molecular weight is 344 g/mol. The Balaban J connectivity index is 1.79. The maximum absolute atomic E-state index is 13.0. The van der Waals surface area contributed by atoms with Crippen molar-refractivity contribution >= 4 is 11.8 Å². The van der Waals surface area contributed by atoms with Crippen molar-refractivity contribution in [1.29, 1.82) is 0 Å². The molecule has 0 saturated carbocycles. The number of fused-ring (bicyclic) bond motifs is 1. The van der Waals surface area contributed by atoms with E-state index in [1.54, 1.807) is 14.0 Å². The van der Waals surface area contributed by atoms with Gasteiger partial charge < -0.3 is 14.5 Å². The Morgan fingerprint density at radius 1 is 1.28 bits per heavy atom. The van der Waals surface area contributed by atoms with Crippen LogP contribution < -0.4 is 4.74 Å². The molecule has 0 bridgehead atoms. The van der Waals surface area contributed by atoms with E-state index in [1.165, 1.54) is 0 Å². The van der Waals surface area contributed by atoms with Crippen LogP contribution in [0.5, 0.6) is 5.75 Å². The number of likely N-dealkylation sites (tertiary alicyclic amines) is 2. The molecule has 3 rings (SSSR count). The Morgan fingerprint density at radius 3 is 2.80 bits per heavy atom. The third kappa shape index (κ3) is 3.37. The summed E-state index contributed by atoms with van der Waals surface area (Å²) < 4.78 is 5.26. The van der Waals surface area contributed by atoms with E-state index in [1.807, 2.05) is 34.1 Å². The topological polar surface area (TPSA) is 49.9 Å². The van der Waals surface area contributed by atoms with Gasteiger partial charge in [0.1, 0.15) is 5.75 Å². The summed E-state index contributed by atoms with van der Waals surface area (Å²) in [5.41, 5.74) is 0.739. The summed E-state index contributed by atoms with van der Waals surface area (Å²) in [6.45, 7) is 5.39. The molecule has 2 amide bonds. The van der Waals surface area contributed by atoms with Gasteiger partial charge >= 0.3 is 0 Å². The van der Waals surface area contributed by atoms with Gasteiger partial charge in [0.05, 0.1) is 25.1 Å². The summed E-state index contributed by atoms with van der Waals surface area (Å²) >= 11 is 0. The van der Waals surface area contributed by atoms with Crippen molar-refractivity contribution < 1.29 is 14.3 Å². The van der Waals surface area contributed by atoms with E-state index < -0.39 is 0 Å². The van der Waals surface area contributed by atoms with E-state index in [0.29, 0.717) is 6.42 Å². The predicted molar refractivity (Wildman–Crippen MR) is 96.5 cm³/mol. The third-order valence-corrected chi connectivity index (χ3v) is 5.84. The van der Waals surface area contributed by atoms with E-state index in [0.717, 1.165) is 50.1 Å². The zero-order valence-electron chi connectivity index (χ0n) is 15.5. The summed E-state index contributed by atoms with van der Waals surface area (Å²) in [4.78, 5) is 29.1. The van der Waals surface area contributed by atoms with Gasteiger partial charge in [0.15, 0.2) is 0 Å². The number of hydrogen-bond acceptors (Lipinski definition) is 3. The van der Waals surface area contributed by atoms with Crippen LogP contribution in [0.25, 0.3) is 0 Å². The van der Waals surface area contributed by atoms with Crippen LogP contribution in [0.2, 0.25) is 0 Å². The van der Waals surface area contributed by atoms with Gasteiger partial charge in [-0.3, -0.25) is 9.59 Å². The molecule has 5 heteroatoms. The highest BCUT2D eigenvalue weighted by Crippen LogP contribution is 2.39. The highest BCUT2D eigenvalue weighted by molar-refractivity contribution is 5.80. The van der Waals surface area contributed by atoms with Crippen LogP contribution in [0.4, 0.5) is 0 Å². The first-order valence-electron chi connectivity index (χ1n) is 9.16. The van der Waals surface area contributed by atoms with Crippen LogP contribution in [-0.2, 0) is 16.0 Å². The second kappa shape index (κ2) is 7.06. The Hall–Kier alpha value is -2.04. The lowest BCUT2D eigenvalue weighted by molar-refractivity contribution is -0.154. The summed E-state index contributed by atoms with van der Waals surface area (Å²) in [7, 11) is 1.63. The molecule has 1 aromatic rings. The van der Waals surface area contributed by atoms with Gasteiger partial charge in [0.25, 0.3) is 0 Å². The summed E-state index contributed by atoms with van der Waals surface area (Å²) in [6, 6.07) is 7.81. The van der Waals surface area contributed by atoms with Gasteiger partial charge in [-0.15, -0.1) is 0 Å². The van der Waals surface area contributed by atoms with Crippen LogP contribution in [-0.4, -0.2) is 53.4 Å². The minimum absolute atomic E-state index is 0.120. The number of methoxy groups -OCH3 is 1. The first-order valence-corrected chi connectivity index (χ1v) is 9.16. The Labute approximate surface area is 149 Å². The van der Waals surface area contributed by atoms with Gasteiger partial charge in [-0.05, 0) is 50.3 Å². The molecule has 0 radical (unpaired) electrons. The van der Waals surface area contributed by atoms with Crippen LogP contribution in [0.1, 0.15) is 45.1 Å². The number of ether oxygens (including phenoxy) is 1. The molecule has 136 valence electrons. The highest BCUT2D eigenvalue weighted by atomic mass is 16.5. The molecule has 1 aromatic carbocycles. The lowest BCUT2D eigenvalue weighted by Gasteiger charge is -2.56. The first kappa shape index (κ1) is 17.8. The zero-order valence-corrected chi connectivity index (χ0v) is 15.5. The molecule has 2 fully saturated rings. The molecule has 25 heavy (non-hydrogen) atoms. The number of piperidine rings is 2. The van der Waals surface area contributed by atoms with Gasteiger partial charge in [-0.25, -0.2) is 0 Å². The van der Waals surface area contributed by atoms with E-state index in [9.17, 15) is 9.59 Å². The predicted octanol–water partition coefficient (Wildman–Crippen LogP) is 2.63. The van der Waals surface area contributed by atoms with Crippen molar-refractivity contribution in [1.82, 2.24) is 9.80 Å². The van der Waals surface area contributed by atoms with Gasteiger partial charge in [0, 0.05) is 20.0 Å². The van der Waals surface area contributed by atoms with Crippen molar-refractivity contribution in [3.05, 3.63) is 29.8 Å². The van der Waals surface area contributed by atoms with E-state index in [-0.39, 0.29) is 23.4 Å². The molecule has 2 aliphatic rings. The highest BCUT2D eigenvalue weighted by Gasteiger charge is 2.49. The lowest BCUT2D eigenvalue weighted by atomic mass is 9.76. The minimum Gasteiger partial charge on any atom is -0.497 e. The molecule has 0 spiro atoms. The summed E-state index contributed by atoms with van der Waals surface area (Å²) in [6.07, 6.45) is 4.23. The van der Waals surface area contributed by atoms with Crippen LogP contribution in [0.15, 0.2) is 24.3 Å². The molecule has 2 heterocycles. The zero-order chi connectivity index (χ0) is 18.0. The first-order chi connectivity index (χ1) is 12.0. The van der Waals surface area contributed by atoms with Crippen molar-refractivity contribution in [3.8, 4) is 5.75 Å². The second-order valence-electron chi connectivity index (χ2n) is 7.40. The molecule has 2 aliphatic heterocycles. The number of benzene rings is 1. The molecule has 0 N–H and O–H groups in total. The van der Waals surface area contributed by atoms with Crippen molar-refractivity contribution in [3.63, 3.8) is 0 Å². The van der Waals surface area contributed by atoms with Crippen molar-refractivity contribution in [2.24, 2.45) is 0 Å². The molecule has 0 unspecified atom stereocenters. The Bertz CT molecular complexity index is 660. The lowest BCUT2D eigenvalue weighted by Crippen LogP contribution is -2.68. The molecule has 0 aliphatic carbocycles. The standard InChI is InChI=1S/C20H28N2O3/c1-15(23)22-12-5-9-18-20(22,2)10-6-11-21(18)19(24)14-16-7-4-8-17(13-16)25-3/h4,7-8,13,18H,5-6,9-12,14H2,1-3H3/t18-,20-/m0/s1. The van der Waals surface area contributed by atoms with Crippen LogP contribution in [0.3, 0.4) is 0 Å². The number of carbonyl (C=O) groups excluding carboxylic acids is 2. The molecule has 2 saturated heterocycles. The summed E-state index contributed by atoms with van der Waals surface area (Å²) in [5, 5.41) is 0. The number of amides is 2. The molecular formula is C20H28N2O3. The number of rotatable bonds is 3. The van der Waals surface area contributed by atoms with Crippen molar-refractivity contribution in [2.45, 2.75) is 57.5 Å². The third-order valence-electron chi connectivity index (χ3n) is 5.84. The fourth-order valence-corrected chi connectivity index (χ4v) is 4.62. The quantitative estimate of drug-likeness (QED) is 0.847. The Kier molecular flexibility index (Phi) is 5.02. The normalized spacial score (nSPS) is 26.1. The maximum Gasteiger partial charge on any atom is 0.227 e. The number of carbonyl (C=O) groups is 2. The number of hydrogen-bond donors (Lipinski definition) is 0. The monoisotopic (exact) mass is 344 g/mol. The Morgan fingerprint density at radius 2 is 2.08 bits per heavy atom. The molecule has 2 atom stereocenters. The number of nitrogens with zero attached hydrogens (tertiary/aromatic N) is 2. The van der Waals surface area contributed by atoms with Crippen molar-refractivity contribution in [2.75, 3.05) is 20.2 Å². The van der Waals surface area contributed by atoms with Gasteiger partial charge in [-0.1, -0.05) is 12.1 Å². The van der Waals surface area contributed by atoms with Crippen LogP contribution in [0, 0.1) is 0 Å². The van der Waals surface area contributed by atoms with E-state index >= 15 is 0 Å². The fourth-order valence-electron chi connectivity index (χ4n) is 4.62. The van der Waals surface area contributed by atoms with Crippen LogP contribution >= 0.6 is 0 Å². The minimum atomic E-state index is -0.230. The largest absolute Gasteiger partial charge is 0.497 e. The summed E-state index contributed by atoms with van der Waals surface area (Å²) in [5.74, 6) is 1.04. The maximum atomic E-state index is 13.0. The van der Waals surface area contributed by atoms with E-state index in [2.05, 4.69) is 6.92 Å². The van der Waals surface area contributed by atoms with E-state index in [4.69, 9.17) is 4.74 Å². The van der Waals surface area contributed by atoms with Gasteiger partial charge in [0.2, 0.25) is 11.8 Å². The smallest absolute Gasteiger partial charge is 0.227 e. The SMILES string of the molecule is COc1cccc(CC(=O)N2CCC[C@@]3(C)[C@@H]2CCCN3C(C)=O)c1. The fraction of sp³-hybridized carbons (Fsp3) is 0.600. The van der Waals surface area contributed by atoms with Gasteiger partial charge in [-0.2, -0.15) is 0 Å². The molecule has 0 aromatic heterocycles. The second-order valence-corrected chi connectivity index (χ2v) is 7.40. The average Bonchev–Trinajstić information content (AvgIpc) is 2.60. The molecule has 5 nitrogen and oxygen atoms in total.